The van der Waals surface area contributed by atoms with Crippen molar-refractivity contribution < 1.29 is 4.79 Å². The van der Waals surface area contributed by atoms with Gasteiger partial charge in [-0.25, -0.2) is 0 Å². The zero-order chi connectivity index (χ0) is 15.4. The summed E-state index contributed by atoms with van der Waals surface area (Å²) in [5.74, 6) is -0.470. The van der Waals surface area contributed by atoms with Crippen LogP contribution in [0.3, 0.4) is 0 Å². The van der Waals surface area contributed by atoms with Gasteiger partial charge in [0.25, 0.3) is 0 Å². The third kappa shape index (κ3) is 4.21. The van der Waals surface area contributed by atoms with Crippen LogP contribution in [0.5, 0.6) is 0 Å². The molecule has 0 bridgehead atoms. The molecule has 0 unspecified atom stereocenters. The minimum absolute atomic E-state index is 0.427. The van der Waals surface area contributed by atoms with Crippen LogP contribution in [0.2, 0.25) is 5.02 Å². The number of hydrogen-bond acceptors (Lipinski definition) is 3. The lowest BCUT2D eigenvalue weighted by molar-refractivity contribution is 0.100. The van der Waals surface area contributed by atoms with Gasteiger partial charge in [0.2, 0.25) is 5.91 Å². The van der Waals surface area contributed by atoms with E-state index in [1.165, 1.54) is 5.56 Å². The highest BCUT2D eigenvalue weighted by Crippen LogP contribution is 2.17. The van der Waals surface area contributed by atoms with Crippen LogP contribution in [-0.4, -0.2) is 17.9 Å². The summed E-state index contributed by atoms with van der Waals surface area (Å²) in [7, 11) is 2.01. The molecule has 4 N–H and O–H groups in total. The molecule has 110 valence electrons. The second-order valence-corrected chi connectivity index (χ2v) is 5.51. The van der Waals surface area contributed by atoms with Crippen LogP contribution in [-0.2, 0) is 13.1 Å². The number of rotatable bonds is 5. The number of hydrogen-bond donors (Lipinski definition) is 2. The molecule has 0 heterocycles. The number of nitrogen functional groups attached to an aromatic ring is 1. The molecule has 0 radical (unpaired) electrons. The first kappa shape index (κ1) is 15.4. The second kappa shape index (κ2) is 6.61. The summed E-state index contributed by atoms with van der Waals surface area (Å²) < 4.78 is 0. The first-order valence-electron chi connectivity index (χ1n) is 6.57. The maximum absolute atomic E-state index is 11.1. The van der Waals surface area contributed by atoms with E-state index in [9.17, 15) is 4.79 Å². The Labute approximate surface area is 129 Å². The molecule has 5 heteroatoms. The van der Waals surface area contributed by atoms with Gasteiger partial charge < -0.3 is 11.5 Å². The van der Waals surface area contributed by atoms with Crippen molar-refractivity contribution in [3.05, 3.63) is 64.2 Å². The molecule has 0 aliphatic heterocycles. The van der Waals surface area contributed by atoms with Gasteiger partial charge in [-0.05, 0) is 42.4 Å². The maximum atomic E-state index is 11.1. The molecule has 0 fully saturated rings. The molecule has 0 aliphatic carbocycles. The molecule has 0 atom stereocenters. The summed E-state index contributed by atoms with van der Waals surface area (Å²) in [6.07, 6.45) is 0. The Hall–Kier alpha value is -2.04. The van der Waals surface area contributed by atoms with Gasteiger partial charge in [0.05, 0.1) is 0 Å². The van der Waals surface area contributed by atoms with Gasteiger partial charge in [-0.2, -0.15) is 0 Å². The Morgan fingerprint density at radius 2 is 1.81 bits per heavy atom. The number of primary amides is 1. The third-order valence-electron chi connectivity index (χ3n) is 3.24. The monoisotopic (exact) mass is 303 g/mol. The van der Waals surface area contributed by atoms with Crippen LogP contribution < -0.4 is 11.5 Å². The molecule has 0 aromatic heterocycles. The summed E-state index contributed by atoms with van der Waals surface area (Å²) in [6.45, 7) is 1.47. The Morgan fingerprint density at radius 3 is 2.38 bits per heavy atom. The summed E-state index contributed by atoms with van der Waals surface area (Å²) in [4.78, 5) is 13.2. The zero-order valence-electron chi connectivity index (χ0n) is 11.8. The highest BCUT2D eigenvalue weighted by Gasteiger charge is 2.08. The van der Waals surface area contributed by atoms with E-state index in [2.05, 4.69) is 4.90 Å². The molecule has 0 saturated heterocycles. The molecule has 4 nitrogen and oxygen atoms in total. The predicted molar refractivity (Wildman–Crippen MR) is 86.0 cm³/mol. The van der Waals surface area contributed by atoms with Gasteiger partial charge >= 0.3 is 0 Å². The van der Waals surface area contributed by atoms with Crippen molar-refractivity contribution in [2.45, 2.75) is 13.1 Å². The fourth-order valence-corrected chi connectivity index (χ4v) is 2.27. The van der Waals surface area contributed by atoms with Crippen molar-refractivity contribution in [1.82, 2.24) is 4.90 Å². The average Bonchev–Trinajstić information content (AvgIpc) is 2.43. The number of benzene rings is 2. The highest BCUT2D eigenvalue weighted by molar-refractivity contribution is 6.30. The van der Waals surface area contributed by atoms with E-state index in [1.807, 2.05) is 37.4 Å². The third-order valence-corrected chi connectivity index (χ3v) is 3.49. The molecule has 2 aromatic carbocycles. The largest absolute Gasteiger partial charge is 0.398 e. The molecular weight excluding hydrogens is 286 g/mol. The Kier molecular flexibility index (Phi) is 4.83. The minimum atomic E-state index is -0.470. The van der Waals surface area contributed by atoms with E-state index in [0.717, 1.165) is 17.1 Å². The van der Waals surface area contributed by atoms with E-state index >= 15 is 0 Å². The number of carbonyl (C=O) groups is 1. The van der Waals surface area contributed by atoms with Gasteiger partial charge in [0.1, 0.15) is 0 Å². The summed E-state index contributed by atoms with van der Waals surface area (Å²) >= 11 is 5.87. The fourth-order valence-electron chi connectivity index (χ4n) is 2.14. The molecule has 0 aliphatic rings. The Bertz CT molecular complexity index is 640. The molecule has 1 amide bonds. The molecule has 2 rings (SSSR count). The van der Waals surface area contributed by atoms with Gasteiger partial charge in [0, 0.05) is 29.4 Å². The summed E-state index contributed by atoms with van der Waals surface area (Å²) in [6, 6.07) is 12.9. The normalized spacial score (nSPS) is 10.8. The van der Waals surface area contributed by atoms with Crippen molar-refractivity contribution in [1.29, 1.82) is 0 Å². The number of carbonyl (C=O) groups excluding carboxylic acids is 1. The second-order valence-electron chi connectivity index (χ2n) is 5.08. The summed E-state index contributed by atoms with van der Waals surface area (Å²) in [5.41, 5.74) is 14.4. The zero-order valence-corrected chi connectivity index (χ0v) is 12.6. The SMILES string of the molecule is CN(Cc1ccc(Cl)cc1)Cc1ccc(C(N)=O)cc1N. The number of nitrogens with two attached hydrogens (primary N) is 2. The van der Waals surface area contributed by atoms with E-state index < -0.39 is 5.91 Å². The number of amides is 1. The van der Waals surface area contributed by atoms with Crippen LogP contribution in [0.4, 0.5) is 5.69 Å². The fraction of sp³-hybridized carbons (Fsp3) is 0.188. The van der Waals surface area contributed by atoms with E-state index in [4.69, 9.17) is 23.1 Å². The molecular formula is C16H18ClN3O. The maximum Gasteiger partial charge on any atom is 0.248 e. The Morgan fingerprint density at radius 1 is 1.14 bits per heavy atom. The van der Waals surface area contributed by atoms with Crippen LogP contribution in [0, 0.1) is 0 Å². The number of anilines is 1. The van der Waals surface area contributed by atoms with Gasteiger partial charge in [-0.3, -0.25) is 9.69 Å². The van der Waals surface area contributed by atoms with Crippen molar-refractivity contribution in [2.24, 2.45) is 5.73 Å². The van der Waals surface area contributed by atoms with Crippen molar-refractivity contribution in [2.75, 3.05) is 12.8 Å². The van der Waals surface area contributed by atoms with Crippen LogP contribution in [0.15, 0.2) is 42.5 Å². The Balaban J connectivity index is 2.04. The van der Waals surface area contributed by atoms with Crippen molar-refractivity contribution in [3.8, 4) is 0 Å². The smallest absolute Gasteiger partial charge is 0.248 e. The highest BCUT2D eigenvalue weighted by atomic mass is 35.5. The standard InChI is InChI=1S/C16H18ClN3O/c1-20(9-11-2-6-14(17)7-3-11)10-13-5-4-12(16(19)21)8-15(13)18/h2-8H,9-10,18H2,1H3,(H2,19,21). The minimum Gasteiger partial charge on any atom is -0.398 e. The molecule has 2 aromatic rings. The van der Waals surface area contributed by atoms with Crippen molar-refractivity contribution >= 4 is 23.2 Å². The van der Waals surface area contributed by atoms with Crippen molar-refractivity contribution in [3.63, 3.8) is 0 Å². The number of halogens is 1. The summed E-state index contributed by atoms with van der Waals surface area (Å²) in [5, 5.41) is 0.729. The molecule has 0 saturated carbocycles. The molecule has 0 spiro atoms. The first-order valence-corrected chi connectivity index (χ1v) is 6.94. The van der Waals surface area contributed by atoms with Gasteiger partial charge in [-0.1, -0.05) is 29.8 Å². The van der Waals surface area contributed by atoms with Crippen LogP contribution in [0.1, 0.15) is 21.5 Å². The lowest BCUT2D eigenvalue weighted by atomic mass is 10.1. The van der Waals surface area contributed by atoms with Gasteiger partial charge in [-0.15, -0.1) is 0 Å². The van der Waals surface area contributed by atoms with E-state index in [0.29, 0.717) is 17.8 Å². The molecule has 21 heavy (non-hydrogen) atoms. The predicted octanol–water partition coefficient (Wildman–Crippen LogP) is 2.65. The lowest BCUT2D eigenvalue weighted by Gasteiger charge is -2.18. The lowest BCUT2D eigenvalue weighted by Crippen LogP contribution is -2.18. The number of nitrogens with zero attached hydrogens (tertiary/aromatic N) is 1. The van der Waals surface area contributed by atoms with E-state index in [1.54, 1.807) is 12.1 Å². The topological polar surface area (TPSA) is 72.3 Å². The van der Waals surface area contributed by atoms with Gasteiger partial charge in [0.15, 0.2) is 0 Å². The van der Waals surface area contributed by atoms with Crippen LogP contribution in [0.25, 0.3) is 0 Å². The first-order chi connectivity index (χ1) is 9.95. The average molecular weight is 304 g/mol. The van der Waals surface area contributed by atoms with Crippen LogP contribution >= 0.6 is 11.6 Å². The van der Waals surface area contributed by atoms with E-state index in [-0.39, 0.29) is 0 Å². The quantitative estimate of drug-likeness (QED) is 0.834.